The van der Waals surface area contributed by atoms with Gasteiger partial charge in [0, 0.05) is 13.1 Å². The number of nitrogens with zero attached hydrogens (tertiary/aromatic N) is 1. The molecule has 0 aliphatic heterocycles. The van der Waals surface area contributed by atoms with Gasteiger partial charge < -0.3 is 10.6 Å². The maximum absolute atomic E-state index is 12.3. The van der Waals surface area contributed by atoms with E-state index in [9.17, 15) is 19.7 Å². The molecule has 114 valence electrons. The summed E-state index contributed by atoms with van der Waals surface area (Å²) in [6.45, 7) is 5.19. The minimum Gasteiger partial charge on any atom is -0.357 e. The van der Waals surface area contributed by atoms with Crippen LogP contribution in [0.2, 0.25) is 0 Å². The van der Waals surface area contributed by atoms with Gasteiger partial charge in [-0.2, -0.15) is 0 Å². The average Bonchev–Trinajstić information content (AvgIpc) is 2.42. The van der Waals surface area contributed by atoms with Gasteiger partial charge in [0.1, 0.15) is 11.6 Å². The van der Waals surface area contributed by atoms with Gasteiger partial charge in [-0.1, -0.05) is 26.0 Å². The number of likely N-dealkylation sites (N-methyl/N-ethyl adjacent to an activating group) is 1. The van der Waals surface area contributed by atoms with Crippen LogP contribution in [0.1, 0.15) is 29.8 Å². The van der Waals surface area contributed by atoms with E-state index >= 15 is 0 Å². The molecule has 0 unspecified atom stereocenters. The number of nitro benzene ring substituents is 1. The normalized spacial score (nSPS) is 11.9. The molecule has 0 saturated heterocycles. The summed E-state index contributed by atoms with van der Waals surface area (Å²) in [5.41, 5.74) is 0.199. The number of carbonyl (C=O) groups excluding carboxylic acids is 2. The van der Waals surface area contributed by atoms with E-state index in [4.69, 9.17) is 0 Å². The Morgan fingerprint density at radius 3 is 2.38 bits per heavy atom. The smallest absolute Gasteiger partial charge is 0.282 e. The molecule has 1 aromatic carbocycles. The van der Waals surface area contributed by atoms with Crippen molar-refractivity contribution in [2.24, 2.45) is 5.92 Å². The van der Waals surface area contributed by atoms with Crippen molar-refractivity contribution in [3.05, 3.63) is 39.4 Å². The van der Waals surface area contributed by atoms with Crippen molar-refractivity contribution in [2.45, 2.75) is 26.8 Å². The molecule has 1 atom stereocenters. The van der Waals surface area contributed by atoms with E-state index in [2.05, 4.69) is 10.6 Å². The number of carbonyl (C=O) groups is 2. The molecule has 1 aromatic rings. The summed E-state index contributed by atoms with van der Waals surface area (Å²) in [6.07, 6.45) is 0. The third-order valence-corrected chi connectivity index (χ3v) is 3.16. The van der Waals surface area contributed by atoms with E-state index in [1.807, 2.05) is 0 Å². The number of nitro groups is 1. The zero-order valence-corrected chi connectivity index (χ0v) is 12.5. The molecule has 0 aromatic heterocycles. The molecular formula is C14H19N3O4. The highest BCUT2D eigenvalue weighted by Crippen LogP contribution is 2.22. The van der Waals surface area contributed by atoms with Gasteiger partial charge in [0.15, 0.2) is 0 Å². The number of rotatable bonds is 5. The average molecular weight is 293 g/mol. The quantitative estimate of drug-likeness (QED) is 0.633. The Labute approximate surface area is 122 Å². The number of hydrogen-bond donors (Lipinski definition) is 2. The molecule has 2 N–H and O–H groups in total. The largest absolute Gasteiger partial charge is 0.357 e. The van der Waals surface area contributed by atoms with Gasteiger partial charge in [-0.05, 0) is 18.4 Å². The summed E-state index contributed by atoms with van der Waals surface area (Å²) in [5, 5.41) is 16.1. The zero-order chi connectivity index (χ0) is 16.2. The molecule has 21 heavy (non-hydrogen) atoms. The molecule has 0 spiro atoms. The minimum absolute atomic E-state index is 0.0166. The van der Waals surface area contributed by atoms with Crippen LogP contribution in [0.25, 0.3) is 0 Å². The zero-order valence-electron chi connectivity index (χ0n) is 12.5. The summed E-state index contributed by atoms with van der Waals surface area (Å²) < 4.78 is 0. The highest BCUT2D eigenvalue weighted by molar-refractivity contribution is 6.01. The molecule has 0 bridgehead atoms. The van der Waals surface area contributed by atoms with Crippen molar-refractivity contribution in [2.75, 3.05) is 7.05 Å². The van der Waals surface area contributed by atoms with Crippen LogP contribution in [0.15, 0.2) is 18.2 Å². The lowest BCUT2D eigenvalue weighted by molar-refractivity contribution is -0.385. The van der Waals surface area contributed by atoms with Crippen LogP contribution < -0.4 is 10.6 Å². The number of hydrogen-bond acceptors (Lipinski definition) is 4. The second-order valence-electron chi connectivity index (χ2n) is 5.04. The Morgan fingerprint density at radius 2 is 1.90 bits per heavy atom. The Bertz CT molecular complexity index is 569. The predicted octanol–water partition coefficient (Wildman–Crippen LogP) is 1.40. The molecular weight excluding hydrogens is 274 g/mol. The standard InChI is InChI=1S/C14H19N3O4/c1-8(2)12(14(19)15-4)16-13(18)11-9(3)6-5-7-10(11)17(20)21/h5-8,12H,1-4H3,(H,15,19)(H,16,18)/t12-/m0/s1. The van der Waals surface area contributed by atoms with E-state index in [0.717, 1.165) is 0 Å². The molecule has 7 nitrogen and oxygen atoms in total. The Balaban J connectivity index is 3.14. The first-order valence-electron chi connectivity index (χ1n) is 6.56. The molecule has 0 fully saturated rings. The molecule has 1 rings (SSSR count). The number of amides is 2. The van der Waals surface area contributed by atoms with E-state index in [1.165, 1.54) is 19.2 Å². The van der Waals surface area contributed by atoms with Crippen molar-refractivity contribution < 1.29 is 14.5 Å². The number of aryl methyl sites for hydroxylation is 1. The number of benzene rings is 1. The van der Waals surface area contributed by atoms with Crippen molar-refractivity contribution in [3.8, 4) is 0 Å². The molecule has 0 saturated carbocycles. The molecule has 7 heteroatoms. The summed E-state index contributed by atoms with van der Waals surface area (Å²) in [4.78, 5) is 34.5. The van der Waals surface area contributed by atoms with Crippen LogP contribution in [-0.2, 0) is 4.79 Å². The van der Waals surface area contributed by atoms with Crippen LogP contribution in [0.4, 0.5) is 5.69 Å². The van der Waals surface area contributed by atoms with Crippen molar-refractivity contribution >= 4 is 17.5 Å². The first-order valence-corrected chi connectivity index (χ1v) is 6.56. The van der Waals surface area contributed by atoms with Crippen molar-refractivity contribution in [1.29, 1.82) is 0 Å². The fourth-order valence-electron chi connectivity index (χ4n) is 2.00. The second-order valence-corrected chi connectivity index (χ2v) is 5.04. The fourth-order valence-corrected chi connectivity index (χ4v) is 2.00. The van der Waals surface area contributed by atoms with E-state index in [0.29, 0.717) is 5.56 Å². The third kappa shape index (κ3) is 3.77. The van der Waals surface area contributed by atoms with Crippen LogP contribution in [0.3, 0.4) is 0 Å². The van der Waals surface area contributed by atoms with Gasteiger partial charge >= 0.3 is 0 Å². The predicted molar refractivity (Wildman–Crippen MR) is 78.0 cm³/mol. The molecule has 2 amide bonds. The molecule has 0 heterocycles. The van der Waals surface area contributed by atoms with Crippen LogP contribution in [0, 0.1) is 23.0 Å². The summed E-state index contributed by atoms with van der Waals surface area (Å²) in [6, 6.07) is 3.66. The minimum atomic E-state index is -0.748. The van der Waals surface area contributed by atoms with Crippen molar-refractivity contribution in [1.82, 2.24) is 10.6 Å². The Morgan fingerprint density at radius 1 is 1.29 bits per heavy atom. The Hall–Kier alpha value is -2.44. The Kier molecular flexibility index (Phi) is 5.40. The van der Waals surface area contributed by atoms with Crippen LogP contribution in [0.5, 0.6) is 0 Å². The molecule has 0 aliphatic rings. The fraction of sp³-hybridized carbons (Fsp3) is 0.429. The second kappa shape index (κ2) is 6.83. The van der Waals surface area contributed by atoms with E-state index in [-0.39, 0.29) is 23.1 Å². The molecule has 0 radical (unpaired) electrons. The summed E-state index contributed by atoms with van der Waals surface area (Å²) in [5.74, 6) is -1.10. The SMILES string of the molecule is CNC(=O)[C@@H](NC(=O)c1c(C)cccc1[N+](=O)[O-])C(C)C. The lowest BCUT2D eigenvalue weighted by Gasteiger charge is -2.21. The maximum atomic E-state index is 12.3. The first-order chi connectivity index (χ1) is 9.79. The van der Waals surface area contributed by atoms with Gasteiger partial charge in [0.05, 0.1) is 4.92 Å². The highest BCUT2D eigenvalue weighted by Gasteiger charge is 2.28. The van der Waals surface area contributed by atoms with Gasteiger partial charge in [0.2, 0.25) is 5.91 Å². The highest BCUT2D eigenvalue weighted by atomic mass is 16.6. The van der Waals surface area contributed by atoms with Gasteiger partial charge in [-0.25, -0.2) is 0 Å². The first kappa shape index (κ1) is 16.6. The van der Waals surface area contributed by atoms with Gasteiger partial charge in [-0.3, -0.25) is 19.7 Å². The lowest BCUT2D eigenvalue weighted by atomic mass is 10.0. The van der Waals surface area contributed by atoms with Gasteiger partial charge in [0.25, 0.3) is 11.6 Å². The van der Waals surface area contributed by atoms with E-state index in [1.54, 1.807) is 26.8 Å². The topological polar surface area (TPSA) is 101 Å². The van der Waals surface area contributed by atoms with E-state index < -0.39 is 16.9 Å². The van der Waals surface area contributed by atoms with Crippen LogP contribution in [-0.4, -0.2) is 29.8 Å². The van der Waals surface area contributed by atoms with Gasteiger partial charge in [-0.15, -0.1) is 0 Å². The molecule has 0 aliphatic carbocycles. The van der Waals surface area contributed by atoms with Crippen molar-refractivity contribution in [3.63, 3.8) is 0 Å². The monoisotopic (exact) mass is 293 g/mol. The third-order valence-electron chi connectivity index (χ3n) is 3.16. The summed E-state index contributed by atoms with van der Waals surface area (Å²) >= 11 is 0. The maximum Gasteiger partial charge on any atom is 0.282 e. The lowest BCUT2D eigenvalue weighted by Crippen LogP contribution is -2.49. The van der Waals surface area contributed by atoms with Crippen LogP contribution >= 0.6 is 0 Å². The number of nitrogens with one attached hydrogen (secondary N) is 2. The summed E-state index contributed by atoms with van der Waals surface area (Å²) in [7, 11) is 1.47.